The molecule has 1 heterocycles. The number of aromatic hydroxyl groups is 1. The van der Waals surface area contributed by atoms with E-state index in [1.165, 1.54) is 22.9 Å². The lowest BCUT2D eigenvalue weighted by molar-refractivity contribution is -0.274. The van der Waals surface area contributed by atoms with Crippen LogP contribution in [0.1, 0.15) is 53.2 Å². The average molecular weight is 565 g/mol. The predicted octanol–water partition coefficient (Wildman–Crippen LogP) is 6.82. The Bertz CT molecular complexity index is 1530. The standard InChI is InChI=1S/C30H27F3N4O4/c31-30(32,33)41-23-13-10-21(11-14-23)28(39)35-22-12-15-24(27(38)16-22)25-17-26(20-8-4-5-9-20)37(36-25)29(40)34-18-19-6-2-1-3-7-19/h1-3,6-7,10-17,20,38H,4-5,8-9,18H2,(H,34,40)(H,35,39). The van der Waals surface area contributed by atoms with Gasteiger partial charge in [0.25, 0.3) is 5.91 Å². The van der Waals surface area contributed by atoms with Gasteiger partial charge in [-0.15, -0.1) is 13.2 Å². The lowest BCUT2D eigenvalue weighted by atomic mass is 10.0. The number of hydrogen-bond acceptors (Lipinski definition) is 5. The molecule has 1 aliphatic carbocycles. The molecule has 2 amide bonds. The van der Waals surface area contributed by atoms with Crippen LogP contribution in [-0.2, 0) is 6.54 Å². The van der Waals surface area contributed by atoms with E-state index in [9.17, 15) is 27.9 Å². The molecule has 1 aromatic heterocycles. The Morgan fingerprint density at radius 3 is 2.34 bits per heavy atom. The van der Waals surface area contributed by atoms with Crippen LogP contribution in [0.5, 0.6) is 11.5 Å². The van der Waals surface area contributed by atoms with Gasteiger partial charge in [0.05, 0.1) is 11.4 Å². The van der Waals surface area contributed by atoms with Crippen molar-refractivity contribution in [3.63, 3.8) is 0 Å². The molecular formula is C30H27F3N4O4. The van der Waals surface area contributed by atoms with E-state index in [4.69, 9.17) is 0 Å². The summed E-state index contributed by atoms with van der Waals surface area (Å²) in [4.78, 5) is 25.7. The van der Waals surface area contributed by atoms with Crippen molar-refractivity contribution < 1.29 is 32.6 Å². The molecule has 212 valence electrons. The number of carbonyl (C=O) groups is 2. The molecule has 11 heteroatoms. The van der Waals surface area contributed by atoms with Gasteiger partial charge in [0.2, 0.25) is 0 Å². The second-order valence-corrected chi connectivity index (χ2v) is 9.75. The summed E-state index contributed by atoms with van der Waals surface area (Å²) in [6.07, 6.45) is -0.819. The van der Waals surface area contributed by atoms with E-state index in [0.717, 1.165) is 49.1 Å². The number of alkyl halides is 3. The third kappa shape index (κ3) is 6.86. The highest BCUT2D eigenvalue weighted by molar-refractivity contribution is 6.04. The Morgan fingerprint density at radius 2 is 1.68 bits per heavy atom. The molecule has 0 atom stereocenters. The summed E-state index contributed by atoms with van der Waals surface area (Å²) in [6, 6.07) is 20.0. The number of phenols is 1. The SMILES string of the molecule is O=C(Nc1ccc(-c2cc(C3CCCC3)n(C(=O)NCc3ccccc3)n2)c(O)c1)c1ccc(OC(F)(F)F)cc1. The summed E-state index contributed by atoms with van der Waals surface area (Å²) >= 11 is 0. The van der Waals surface area contributed by atoms with Crippen LogP contribution < -0.4 is 15.4 Å². The zero-order valence-corrected chi connectivity index (χ0v) is 21.8. The first-order valence-electron chi connectivity index (χ1n) is 13.1. The van der Waals surface area contributed by atoms with E-state index in [1.54, 1.807) is 12.1 Å². The van der Waals surface area contributed by atoms with Crippen molar-refractivity contribution >= 4 is 17.6 Å². The van der Waals surface area contributed by atoms with Crippen LogP contribution in [0.3, 0.4) is 0 Å². The molecule has 0 radical (unpaired) electrons. The van der Waals surface area contributed by atoms with Crippen LogP contribution in [0.4, 0.5) is 23.7 Å². The second-order valence-electron chi connectivity index (χ2n) is 9.75. The minimum atomic E-state index is -4.83. The maximum atomic E-state index is 13.1. The number of phenolic OH excluding ortho intramolecular Hbond substituents is 1. The normalized spacial score (nSPS) is 13.6. The van der Waals surface area contributed by atoms with Gasteiger partial charge >= 0.3 is 12.4 Å². The molecule has 4 aromatic rings. The van der Waals surface area contributed by atoms with E-state index < -0.39 is 18.0 Å². The molecule has 0 bridgehead atoms. The Morgan fingerprint density at radius 1 is 0.976 bits per heavy atom. The minimum absolute atomic E-state index is 0.101. The van der Waals surface area contributed by atoms with Gasteiger partial charge in [0.1, 0.15) is 11.5 Å². The first-order chi connectivity index (χ1) is 19.7. The number of benzene rings is 3. The number of hydrogen-bond donors (Lipinski definition) is 3. The average Bonchev–Trinajstić information content (AvgIpc) is 3.62. The molecule has 1 aliphatic rings. The number of anilines is 1. The van der Waals surface area contributed by atoms with Crippen molar-refractivity contribution in [1.82, 2.24) is 15.1 Å². The van der Waals surface area contributed by atoms with Crippen molar-refractivity contribution in [3.05, 3.63) is 95.7 Å². The van der Waals surface area contributed by atoms with Crippen molar-refractivity contribution in [3.8, 4) is 22.8 Å². The number of ether oxygens (including phenoxy) is 1. The highest BCUT2D eigenvalue weighted by atomic mass is 19.4. The van der Waals surface area contributed by atoms with Crippen LogP contribution in [0.15, 0.2) is 78.9 Å². The molecule has 8 nitrogen and oxygen atoms in total. The van der Waals surface area contributed by atoms with Crippen LogP contribution in [-0.4, -0.2) is 33.2 Å². The van der Waals surface area contributed by atoms with E-state index in [2.05, 4.69) is 20.5 Å². The Kier molecular flexibility index (Phi) is 7.95. The fourth-order valence-corrected chi connectivity index (χ4v) is 4.89. The molecular weight excluding hydrogens is 537 g/mol. The van der Waals surface area contributed by atoms with Gasteiger partial charge in [-0.05, 0) is 60.9 Å². The Balaban J connectivity index is 1.32. The second kappa shape index (κ2) is 11.7. The topological polar surface area (TPSA) is 105 Å². The molecule has 3 aromatic carbocycles. The van der Waals surface area contributed by atoms with Gasteiger partial charge in [-0.3, -0.25) is 4.79 Å². The number of amides is 2. The molecule has 1 fully saturated rings. The summed E-state index contributed by atoms with van der Waals surface area (Å²) in [5, 5.41) is 20.9. The van der Waals surface area contributed by atoms with Gasteiger partial charge in [-0.25, -0.2) is 4.79 Å². The predicted molar refractivity (Wildman–Crippen MR) is 146 cm³/mol. The molecule has 41 heavy (non-hydrogen) atoms. The minimum Gasteiger partial charge on any atom is -0.507 e. The van der Waals surface area contributed by atoms with Crippen LogP contribution >= 0.6 is 0 Å². The fraction of sp³-hybridized carbons (Fsp3) is 0.233. The number of nitrogens with zero attached hydrogens (tertiary/aromatic N) is 2. The fourth-order valence-electron chi connectivity index (χ4n) is 4.89. The van der Waals surface area contributed by atoms with Crippen molar-refractivity contribution in [2.45, 2.75) is 44.5 Å². The number of carbonyl (C=O) groups excluding carboxylic acids is 2. The van der Waals surface area contributed by atoms with Crippen LogP contribution in [0, 0.1) is 0 Å². The van der Waals surface area contributed by atoms with Crippen molar-refractivity contribution in [1.29, 1.82) is 0 Å². The number of rotatable bonds is 7. The van der Waals surface area contributed by atoms with Gasteiger partial charge in [0, 0.05) is 35.3 Å². The van der Waals surface area contributed by atoms with E-state index in [-0.39, 0.29) is 28.9 Å². The molecule has 0 saturated heterocycles. The lowest BCUT2D eigenvalue weighted by Crippen LogP contribution is -2.30. The van der Waals surface area contributed by atoms with Gasteiger partial charge in [-0.1, -0.05) is 43.2 Å². The molecule has 0 spiro atoms. The summed E-state index contributed by atoms with van der Waals surface area (Å²) in [5.41, 5.74) is 2.89. The molecule has 1 saturated carbocycles. The summed E-state index contributed by atoms with van der Waals surface area (Å²) in [7, 11) is 0. The highest BCUT2D eigenvalue weighted by Gasteiger charge is 2.31. The third-order valence-electron chi connectivity index (χ3n) is 6.87. The van der Waals surface area contributed by atoms with E-state index in [0.29, 0.717) is 17.8 Å². The van der Waals surface area contributed by atoms with E-state index in [1.807, 2.05) is 36.4 Å². The van der Waals surface area contributed by atoms with Gasteiger partial charge < -0.3 is 20.5 Å². The largest absolute Gasteiger partial charge is 0.573 e. The summed E-state index contributed by atoms with van der Waals surface area (Å²) in [6.45, 7) is 0.344. The van der Waals surface area contributed by atoms with Gasteiger partial charge in [0.15, 0.2) is 0 Å². The zero-order chi connectivity index (χ0) is 29.0. The Hall–Kier alpha value is -4.80. The smallest absolute Gasteiger partial charge is 0.507 e. The molecule has 0 aliphatic heterocycles. The first kappa shape index (κ1) is 27.8. The number of nitrogens with one attached hydrogen (secondary N) is 2. The summed E-state index contributed by atoms with van der Waals surface area (Å²) < 4.78 is 42.3. The zero-order valence-electron chi connectivity index (χ0n) is 21.8. The molecule has 3 N–H and O–H groups in total. The summed E-state index contributed by atoms with van der Waals surface area (Å²) in [5.74, 6) is -1.02. The first-order valence-corrected chi connectivity index (χ1v) is 13.1. The number of halogens is 3. The van der Waals surface area contributed by atoms with Crippen LogP contribution in [0.25, 0.3) is 11.3 Å². The van der Waals surface area contributed by atoms with E-state index >= 15 is 0 Å². The van der Waals surface area contributed by atoms with Gasteiger partial charge in [-0.2, -0.15) is 9.78 Å². The van der Waals surface area contributed by atoms with Crippen LogP contribution in [0.2, 0.25) is 0 Å². The molecule has 0 unspecified atom stereocenters. The van der Waals surface area contributed by atoms with Crippen molar-refractivity contribution in [2.24, 2.45) is 0 Å². The monoisotopic (exact) mass is 564 g/mol. The quantitative estimate of drug-likeness (QED) is 0.228. The van der Waals surface area contributed by atoms with Crippen molar-refractivity contribution in [2.75, 3.05) is 5.32 Å². The highest BCUT2D eigenvalue weighted by Crippen LogP contribution is 2.38. The maximum absolute atomic E-state index is 13.1. The lowest BCUT2D eigenvalue weighted by Gasteiger charge is -2.12. The third-order valence-corrected chi connectivity index (χ3v) is 6.87. The maximum Gasteiger partial charge on any atom is 0.573 e. The number of aromatic nitrogens is 2. The molecule has 5 rings (SSSR count). The Labute approximate surface area is 233 Å².